The minimum absolute atomic E-state index is 0. The van der Waals surface area contributed by atoms with Gasteiger partial charge in [0.05, 0.1) is 13.2 Å². The van der Waals surface area contributed by atoms with E-state index in [-0.39, 0.29) is 59.8 Å². The molecule has 0 amide bonds. The molecule has 9 nitrogen and oxygen atoms in total. The maximum atomic E-state index is 13.6. The molecule has 1 saturated heterocycles. The Labute approximate surface area is 343 Å². The number of ether oxygens (including phenoxy) is 2. The number of hydrogen-bond donors (Lipinski definition) is 1. The fraction of sp³-hybridized carbons (Fsp3) is 0.556. The van der Waals surface area contributed by atoms with Gasteiger partial charge in [0.25, 0.3) is 0 Å². The number of fused-ring (bicyclic) bond motifs is 8. The summed E-state index contributed by atoms with van der Waals surface area (Å²) in [5, 5.41) is 23.8. The molecular formula is C45H58MgN4O5-2. The molecule has 0 radical (unpaired) electrons. The van der Waals surface area contributed by atoms with E-state index in [1.807, 2.05) is 19.1 Å². The molecule has 0 saturated carbocycles. The second kappa shape index (κ2) is 17.8. The summed E-state index contributed by atoms with van der Waals surface area (Å²) in [4.78, 5) is 37.0. The quantitative estimate of drug-likeness (QED) is 0.137. The Bertz CT molecular complexity index is 2050. The summed E-state index contributed by atoms with van der Waals surface area (Å²) in [6.45, 7) is 19.5. The number of aromatic nitrogens is 2. The van der Waals surface area contributed by atoms with E-state index in [4.69, 9.17) is 30.1 Å². The molecular weight excluding hydrogens is 701 g/mol. The van der Waals surface area contributed by atoms with Crippen LogP contribution < -0.4 is 20.7 Å². The van der Waals surface area contributed by atoms with Gasteiger partial charge in [-0.3, -0.25) is 9.59 Å². The number of hydrogen-bond acceptors (Lipinski definition) is 5. The summed E-state index contributed by atoms with van der Waals surface area (Å²) >= 11 is 0. The van der Waals surface area contributed by atoms with Crippen LogP contribution in [0.15, 0.2) is 40.4 Å². The zero-order valence-corrected chi connectivity index (χ0v) is 36.0. The third-order valence-corrected chi connectivity index (χ3v) is 12.3. The number of rotatable bonds is 12. The van der Waals surface area contributed by atoms with Crippen LogP contribution in [0.5, 0.6) is 0 Å². The van der Waals surface area contributed by atoms with E-state index < -0.39 is 24.0 Å². The number of carbonyl (C=O) groups excluding carboxylic acids is 2. The average Bonchev–Trinajstić information content (AvgIpc) is 3.87. The zero-order valence-electron chi connectivity index (χ0n) is 34.6. The Hall–Kier alpha value is -3.47. The van der Waals surface area contributed by atoms with Crippen LogP contribution >= 0.6 is 0 Å². The van der Waals surface area contributed by atoms with Crippen LogP contribution in [0.1, 0.15) is 127 Å². The Morgan fingerprint density at radius 3 is 2.42 bits per heavy atom. The smallest absolute Gasteiger partial charge is 0.681 e. The summed E-state index contributed by atoms with van der Waals surface area (Å²) in [6.07, 6.45) is 12.8. The van der Waals surface area contributed by atoms with Gasteiger partial charge in [-0.1, -0.05) is 98.7 Å². The van der Waals surface area contributed by atoms with Crippen molar-refractivity contribution in [3.63, 3.8) is 0 Å². The first-order chi connectivity index (χ1) is 25.8. The van der Waals surface area contributed by atoms with Crippen LogP contribution in [0.3, 0.4) is 0 Å². The van der Waals surface area contributed by atoms with Crippen molar-refractivity contribution in [1.29, 1.82) is 0 Å². The van der Waals surface area contributed by atoms with Crippen molar-refractivity contribution in [3.8, 4) is 0 Å². The summed E-state index contributed by atoms with van der Waals surface area (Å²) in [5.41, 5.74) is 11.3. The van der Waals surface area contributed by atoms with Gasteiger partial charge in [-0.25, -0.2) is 0 Å². The van der Waals surface area contributed by atoms with Crippen molar-refractivity contribution in [2.45, 2.75) is 119 Å². The van der Waals surface area contributed by atoms with Crippen LogP contribution in [0.25, 0.3) is 28.4 Å². The topological polar surface area (TPSA) is 129 Å². The molecule has 55 heavy (non-hydrogen) atoms. The molecule has 10 heteroatoms. The molecule has 2 aromatic heterocycles. The second-order valence-corrected chi connectivity index (χ2v) is 16.1. The van der Waals surface area contributed by atoms with Crippen molar-refractivity contribution in [1.82, 2.24) is 9.97 Å². The van der Waals surface area contributed by atoms with Gasteiger partial charge in [0.2, 0.25) is 0 Å². The molecule has 3 aliphatic heterocycles. The van der Waals surface area contributed by atoms with Gasteiger partial charge in [-0.05, 0) is 95.1 Å². The van der Waals surface area contributed by atoms with Crippen LogP contribution in [0.4, 0.5) is 0 Å². The molecule has 1 N–H and O–H groups in total. The molecule has 6 rings (SSSR count). The van der Waals surface area contributed by atoms with Crippen molar-refractivity contribution < 1.29 is 24.2 Å². The molecule has 1 unspecified atom stereocenters. The van der Waals surface area contributed by atoms with Crippen molar-refractivity contribution in [2.75, 3.05) is 13.7 Å². The normalized spacial score (nSPS) is 26.7. The van der Waals surface area contributed by atoms with Gasteiger partial charge in [0, 0.05) is 6.42 Å². The van der Waals surface area contributed by atoms with Crippen molar-refractivity contribution in [2.24, 2.45) is 29.6 Å². The van der Waals surface area contributed by atoms with Crippen molar-refractivity contribution in [3.05, 3.63) is 95.4 Å². The molecule has 0 aromatic carbocycles. The maximum Gasteiger partial charge on any atom is 2.00 e. The van der Waals surface area contributed by atoms with Crippen LogP contribution in [-0.4, -0.2) is 59.9 Å². The van der Waals surface area contributed by atoms with Gasteiger partial charge in [0.1, 0.15) is 12.5 Å². The molecule has 5 heterocycles. The van der Waals surface area contributed by atoms with E-state index in [9.17, 15) is 14.7 Å². The first kappa shape index (κ1) is 42.7. The number of esters is 2. The molecule has 0 spiro atoms. The first-order valence-corrected chi connectivity index (χ1v) is 20.0. The van der Waals surface area contributed by atoms with Gasteiger partial charge in [0.15, 0.2) is 0 Å². The number of nitrogens with zero attached hydrogens (tertiary/aromatic N) is 4. The van der Waals surface area contributed by atoms with Crippen LogP contribution in [0.2, 0.25) is 0 Å². The van der Waals surface area contributed by atoms with Crippen LogP contribution in [0, 0.1) is 43.4 Å². The van der Waals surface area contributed by atoms with Gasteiger partial charge in [-0.2, -0.15) is 11.4 Å². The third-order valence-electron chi connectivity index (χ3n) is 12.3. The first-order valence-electron chi connectivity index (χ1n) is 20.0. The molecule has 1 fully saturated rings. The summed E-state index contributed by atoms with van der Waals surface area (Å²) in [7, 11) is 1.35. The summed E-state index contributed by atoms with van der Waals surface area (Å²) in [6, 6.07) is -0.520. The average molecular weight is 759 g/mol. The zero-order chi connectivity index (χ0) is 39.0. The minimum Gasteiger partial charge on any atom is -0.681 e. The Morgan fingerprint density at radius 2 is 1.75 bits per heavy atom. The van der Waals surface area contributed by atoms with Gasteiger partial charge < -0.3 is 35.2 Å². The molecule has 4 aliphatic rings. The SMILES string of the molecule is CCc1c2[n-]c(c1C)/C=C1\[N-]C(=C(C)[C@H]1CC)/C=C1\[N-]C(C3=c4[n-]/c(c(C)c4[C@@H](O)[C@@H]3C(=O)OC)=C\2)[C@@H](CCC(=O)OC/C=C(/C)CCCC(C)C)[C@@H]1C.[Mg+2]. The fourth-order valence-corrected chi connectivity index (χ4v) is 9.01. The number of aliphatic hydroxyl groups excluding tert-OH is 1. The molecule has 6 atom stereocenters. The maximum absolute atomic E-state index is 13.6. The van der Waals surface area contributed by atoms with E-state index in [1.165, 1.54) is 24.7 Å². The van der Waals surface area contributed by atoms with Gasteiger partial charge in [-0.15, -0.1) is 27.8 Å². The number of methoxy groups -OCH3 is 1. The van der Waals surface area contributed by atoms with Crippen LogP contribution in [-0.2, 0) is 25.5 Å². The molecule has 292 valence electrons. The second-order valence-electron chi connectivity index (χ2n) is 16.1. The monoisotopic (exact) mass is 758 g/mol. The standard InChI is InChI=1S/C45H58N4O5.Mg/c1-11-29-25(6)32-20-34-27(8)31(16-17-38(50)54-19-18-24(5)15-13-14-23(3)4)42(48-34)40-41(45(52)53-10)44(51)39-28(9)35(49-43(39)40)22-37-30(12-2)26(7)33(47-37)21-36(29)46-32;/h18,20-23,27,29,31,41-42,44,51H,11-17,19H2,1-10H3;/q-4;+2/b24-18-,34-20-,35-22-,36-21-;/t27-,29+,31-,41+,42?,44+;/m0./s1. The summed E-state index contributed by atoms with van der Waals surface area (Å²) < 4.78 is 11.0. The van der Waals surface area contributed by atoms with E-state index in [0.717, 1.165) is 70.9 Å². The fourth-order valence-electron chi connectivity index (χ4n) is 9.01. The Balaban J connectivity index is 0.00000580. The van der Waals surface area contributed by atoms with E-state index in [1.54, 1.807) is 0 Å². The van der Waals surface area contributed by atoms with Crippen molar-refractivity contribution >= 4 is 52.7 Å². The van der Waals surface area contributed by atoms with E-state index in [0.29, 0.717) is 34.2 Å². The molecule has 2 aromatic rings. The Morgan fingerprint density at radius 1 is 1.00 bits per heavy atom. The largest absolute Gasteiger partial charge is 2.00 e. The van der Waals surface area contributed by atoms with E-state index in [2.05, 4.69) is 67.5 Å². The molecule has 8 bridgehead atoms. The number of allylic oxidation sites excluding steroid dienone is 4. The molecule has 1 aliphatic carbocycles. The Kier molecular flexibility index (Phi) is 13.8. The van der Waals surface area contributed by atoms with Gasteiger partial charge >= 0.3 is 35.0 Å². The third kappa shape index (κ3) is 8.33. The number of carbonyl (C=O) groups is 2. The summed E-state index contributed by atoms with van der Waals surface area (Å²) in [5.74, 6) is -1.18. The predicted octanol–water partition coefficient (Wildman–Crippen LogP) is 7.25. The predicted molar refractivity (Wildman–Crippen MR) is 219 cm³/mol. The number of aliphatic hydroxyl groups is 1. The minimum atomic E-state index is -1.14. The van der Waals surface area contributed by atoms with E-state index >= 15 is 0 Å².